The van der Waals surface area contributed by atoms with Crippen molar-refractivity contribution < 1.29 is 8.42 Å². The monoisotopic (exact) mass is 332 g/mol. The van der Waals surface area contributed by atoms with Gasteiger partial charge in [0.2, 0.25) is 10.0 Å². The SMILES string of the molecule is CCCCN(C1CC1)S(=O)(=O)c1cncc(Br)c1. The zero-order valence-corrected chi connectivity index (χ0v) is 12.7. The molecule has 1 aliphatic carbocycles. The standard InChI is InChI=1S/C12H17BrN2O2S/c1-2-3-6-15(11-4-5-11)18(16,17)12-7-10(13)8-14-9-12/h7-9,11H,2-6H2,1H3. The molecule has 1 aromatic rings. The van der Waals surface area contributed by atoms with Gasteiger partial charge in [-0.2, -0.15) is 4.31 Å². The van der Waals surface area contributed by atoms with E-state index >= 15 is 0 Å². The zero-order chi connectivity index (χ0) is 13.2. The van der Waals surface area contributed by atoms with Crippen LogP contribution in [0, 0.1) is 0 Å². The van der Waals surface area contributed by atoms with E-state index in [1.54, 1.807) is 16.6 Å². The van der Waals surface area contributed by atoms with E-state index in [9.17, 15) is 8.42 Å². The second kappa shape index (κ2) is 5.67. The predicted molar refractivity (Wildman–Crippen MR) is 73.8 cm³/mol. The number of hydrogen-bond donors (Lipinski definition) is 0. The highest BCUT2D eigenvalue weighted by Crippen LogP contribution is 2.32. The summed E-state index contributed by atoms with van der Waals surface area (Å²) in [6.07, 6.45) is 6.86. The minimum absolute atomic E-state index is 0.195. The molecule has 0 N–H and O–H groups in total. The maximum absolute atomic E-state index is 12.5. The van der Waals surface area contributed by atoms with E-state index in [0.29, 0.717) is 11.0 Å². The van der Waals surface area contributed by atoms with Crippen LogP contribution in [0.15, 0.2) is 27.8 Å². The summed E-state index contributed by atoms with van der Waals surface area (Å²) in [5.74, 6) is 0. The van der Waals surface area contributed by atoms with Crippen LogP contribution >= 0.6 is 15.9 Å². The minimum Gasteiger partial charge on any atom is -0.262 e. The summed E-state index contributed by atoms with van der Waals surface area (Å²) in [5, 5.41) is 0. The average molecular weight is 333 g/mol. The van der Waals surface area contributed by atoms with Gasteiger partial charge < -0.3 is 0 Å². The summed E-state index contributed by atoms with van der Waals surface area (Å²) < 4.78 is 27.4. The molecule has 1 fully saturated rings. The van der Waals surface area contributed by atoms with Crippen molar-refractivity contribution in [3.8, 4) is 0 Å². The van der Waals surface area contributed by atoms with Gasteiger partial charge in [-0.25, -0.2) is 8.42 Å². The van der Waals surface area contributed by atoms with E-state index < -0.39 is 10.0 Å². The van der Waals surface area contributed by atoms with Crippen LogP contribution in [0.25, 0.3) is 0 Å². The molecule has 1 aliphatic rings. The summed E-state index contributed by atoms with van der Waals surface area (Å²) in [7, 11) is -3.39. The van der Waals surface area contributed by atoms with E-state index in [1.165, 1.54) is 6.20 Å². The van der Waals surface area contributed by atoms with Gasteiger partial charge >= 0.3 is 0 Å². The maximum Gasteiger partial charge on any atom is 0.244 e. The van der Waals surface area contributed by atoms with Crippen molar-refractivity contribution in [2.75, 3.05) is 6.54 Å². The Morgan fingerprint density at radius 3 is 2.72 bits per heavy atom. The molecule has 6 heteroatoms. The molecule has 0 aliphatic heterocycles. The average Bonchev–Trinajstić information content (AvgIpc) is 3.14. The Balaban J connectivity index is 2.27. The van der Waals surface area contributed by atoms with Gasteiger partial charge in [0.05, 0.1) is 0 Å². The van der Waals surface area contributed by atoms with E-state index in [1.807, 2.05) is 0 Å². The van der Waals surface area contributed by atoms with Gasteiger partial charge in [-0.05, 0) is 41.3 Å². The summed E-state index contributed by atoms with van der Waals surface area (Å²) in [4.78, 5) is 4.22. The number of unbranched alkanes of at least 4 members (excludes halogenated alkanes) is 1. The van der Waals surface area contributed by atoms with Crippen molar-refractivity contribution in [2.24, 2.45) is 0 Å². The quantitative estimate of drug-likeness (QED) is 0.804. The smallest absolute Gasteiger partial charge is 0.244 e. The van der Waals surface area contributed by atoms with Gasteiger partial charge in [-0.15, -0.1) is 0 Å². The van der Waals surface area contributed by atoms with Gasteiger partial charge in [-0.3, -0.25) is 4.98 Å². The fraction of sp³-hybridized carbons (Fsp3) is 0.583. The Kier molecular flexibility index (Phi) is 4.40. The lowest BCUT2D eigenvalue weighted by Crippen LogP contribution is -2.34. The summed E-state index contributed by atoms with van der Waals surface area (Å²) in [5.41, 5.74) is 0. The predicted octanol–water partition coefficient (Wildman–Crippen LogP) is 2.80. The molecule has 100 valence electrons. The topological polar surface area (TPSA) is 50.3 Å². The first-order valence-electron chi connectivity index (χ1n) is 6.18. The molecule has 0 spiro atoms. The fourth-order valence-corrected chi connectivity index (χ4v) is 4.07. The zero-order valence-electron chi connectivity index (χ0n) is 10.3. The molecule has 0 aromatic carbocycles. The lowest BCUT2D eigenvalue weighted by atomic mass is 10.3. The van der Waals surface area contributed by atoms with Crippen molar-refractivity contribution in [3.05, 3.63) is 22.9 Å². The molecular weight excluding hydrogens is 316 g/mol. The molecule has 0 atom stereocenters. The highest BCUT2D eigenvalue weighted by molar-refractivity contribution is 9.10. The molecule has 1 aromatic heterocycles. The first kappa shape index (κ1) is 14.0. The van der Waals surface area contributed by atoms with Gasteiger partial charge in [0.25, 0.3) is 0 Å². The summed E-state index contributed by atoms with van der Waals surface area (Å²) in [6, 6.07) is 1.81. The van der Waals surface area contributed by atoms with Crippen molar-refractivity contribution >= 4 is 26.0 Å². The first-order chi connectivity index (χ1) is 8.55. The lowest BCUT2D eigenvalue weighted by molar-refractivity contribution is 0.395. The van der Waals surface area contributed by atoms with Crippen LogP contribution in [0.5, 0.6) is 0 Å². The summed E-state index contributed by atoms with van der Waals surface area (Å²) >= 11 is 3.26. The highest BCUT2D eigenvalue weighted by atomic mass is 79.9. The molecule has 4 nitrogen and oxygen atoms in total. The molecule has 18 heavy (non-hydrogen) atoms. The Hall–Kier alpha value is -0.460. The normalized spacial score (nSPS) is 16.2. The molecule has 0 saturated heterocycles. The second-order valence-electron chi connectivity index (χ2n) is 4.54. The van der Waals surface area contributed by atoms with Crippen LogP contribution < -0.4 is 0 Å². The summed E-state index contributed by atoms with van der Waals surface area (Å²) in [6.45, 7) is 2.67. The van der Waals surface area contributed by atoms with Crippen LogP contribution in [0.3, 0.4) is 0 Å². The highest BCUT2D eigenvalue weighted by Gasteiger charge is 2.37. The van der Waals surface area contributed by atoms with Gasteiger partial charge in [0.15, 0.2) is 0 Å². The number of hydrogen-bond acceptors (Lipinski definition) is 3. The maximum atomic E-state index is 12.5. The van der Waals surface area contributed by atoms with E-state index in [2.05, 4.69) is 27.8 Å². The molecule has 0 amide bonds. The van der Waals surface area contributed by atoms with E-state index in [4.69, 9.17) is 0 Å². The minimum atomic E-state index is -3.39. The number of halogens is 1. The van der Waals surface area contributed by atoms with Crippen molar-refractivity contribution in [1.82, 2.24) is 9.29 Å². The molecule has 1 heterocycles. The van der Waals surface area contributed by atoms with Crippen molar-refractivity contribution in [3.63, 3.8) is 0 Å². The van der Waals surface area contributed by atoms with Crippen LogP contribution in [-0.2, 0) is 10.0 Å². The largest absolute Gasteiger partial charge is 0.262 e. The molecule has 0 bridgehead atoms. The van der Waals surface area contributed by atoms with Gasteiger partial charge in [0.1, 0.15) is 4.90 Å². The van der Waals surface area contributed by atoms with Crippen molar-refractivity contribution in [1.29, 1.82) is 0 Å². The Bertz CT molecular complexity index is 515. The lowest BCUT2D eigenvalue weighted by Gasteiger charge is -2.21. The Labute approximate surface area is 117 Å². The van der Waals surface area contributed by atoms with Crippen LogP contribution in [-0.4, -0.2) is 30.3 Å². The third kappa shape index (κ3) is 3.10. The second-order valence-corrected chi connectivity index (χ2v) is 7.35. The molecule has 2 rings (SSSR count). The third-order valence-electron chi connectivity index (χ3n) is 2.97. The molecule has 0 unspecified atom stereocenters. The van der Waals surface area contributed by atoms with E-state index in [0.717, 1.165) is 25.7 Å². The molecule has 1 saturated carbocycles. The Morgan fingerprint density at radius 2 is 2.17 bits per heavy atom. The fourth-order valence-electron chi connectivity index (χ4n) is 1.84. The van der Waals surface area contributed by atoms with Crippen molar-refractivity contribution in [2.45, 2.75) is 43.5 Å². The molecular formula is C12H17BrN2O2S. The first-order valence-corrected chi connectivity index (χ1v) is 8.41. The number of rotatable bonds is 6. The molecule has 0 radical (unpaired) electrons. The van der Waals surface area contributed by atoms with Crippen LogP contribution in [0.1, 0.15) is 32.6 Å². The number of aromatic nitrogens is 1. The van der Waals surface area contributed by atoms with E-state index in [-0.39, 0.29) is 10.9 Å². The Morgan fingerprint density at radius 1 is 1.44 bits per heavy atom. The van der Waals surface area contributed by atoms with Crippen LogP contribution in [0.4, 0.5) is 0 Å². The number of sulfonamides is 1. The third-order valence-corrected chi connectivity index (χ3v) is 5.32. The number of pyridine rings is 1. The van der Waals surface area contributed by atoms with Gasteiger partial charge in [-0.1, -0.05) is 13.3 Å². The van der Waals surface area contributed by atoms with Gasteiger partial charge in [0, 0.05) is 29.5 Å². The number of nitrogens with zero attached hydrogens (tertiary/aromatic N) is 2. The van der Waals surface area contributed by atoms with Crippen LogP contribution in [0.2, 0.25) is 0 Å².